The first-order chi connectivity index (χ1) is 9.08. The van der Waals surface area contributed by atoms with Gasteiger partial charge in [0.2, 0.25) is 0 Å². The summed E-state index contributed by atoms with van der Waals surface area (Å²) in [6, 6.07) is 13.8. The number of carbonyl (C=O) groups is 1. The number of carbonyl (C=O) groups excluding carboxylic acids is 1. The van der Waals surface area contributed by atoms with Gasteiger partial charge in [0.1, 0.15) is 0 Å². The van der Waals surface area contributed by atoms with Crippen molar-refractivity contribution in [2.24, 2.45) is 0 Å². The first kappa shape index (κ1) is 13.8. The second kappa shape index (κ2) is 6.02. The van der Waals surface area contributed by atoms with Gasteiger partial charge >= 0.3 is 0 Å². The van der Waals surface area contributed by atoms with Crippen LogP contribution in [0.2, 0.25) is 0 Å². The molecule has 0 aliphatic rings. The molecule has 0 aromatic heterocycles. The molecule has 2 rings (SSSR count). The van der Waals surface area contributed by atoms with E-state index in [0.29, 0.717) is 12.1 Å². The van der Waals surface area contributed by atoms with Crippen molar-refractivity contribution in [2.45, 2.75) is 20.4 Å². The number of rotatable bonds is 3. The highest BCUT2D eigenvalue weighted by atomic mass is 79.9. The molecule has 98 valence electrons. The average Bonchev–Trinajstić information content (AvgIpc) is 2.41. The van der Waals surface area contributed by atoms with E-state index in [-0.39, 0.29) is 5.91 Å². The molecule has 2 nitrogen and oxygen atoms in total. The van der Waals surface area contributed by atoms with Gasteiger partial charge in [-0.3, -0.25) is 4.79 Å². The summed E-state index contributed by atoms with van der Waals surface area (Å²) in [5.74, 6) is -0.0422. The van der Waals surface area contributed by atoms with Crippen LogP contribution in [0.3, 0.4) is 0 Å². The van der Waals surface area contributed by atoms with E-state index in [4.69, 9.17) is 0 Å². The molecule has 3 heteroatoms. The second-order valence-corrected chi connectivity index (χ2v) is 5.44. The number of aryl methyl sites for hydroxylation is 1. The predicted octanol–water partition coefficient (Wildman–Crippen LogP) is 4.00. The molecule has 0 aliphatic heterocycles. The quantitative estimate of drug-likeness (QED) is 0.911. The van der Waals surface area contributed by atoms with Crippen LogP contribution in [0.15, 0.2) is 46.9 Å². The van der Waals surface area contributed by atoms with E-state index in [1.54, 1.807) is 0 Å². The molecule has 0 aliphatic carbocycles. The first-order valence-electron chi connectivity index (χ1n) is 6.17. The molecule has 0 atom stereocenters. The lowest BCUT2D eigenvalue weighted by molar-refractivity contribution is 0.0950. The van der Waals surface area contributed by atoms with Gasteiger partial charge in [-0.25, -0.2) is 0 Å². The Hall–Kier alpha value is -1.61. The summed E-state index contributed by atoms with van der Waals surface area (Å²) < 4.78 is 0.954. The van der Waals surface area contributed by atoms with Crippen LogP contribution in [-0.2, 0) is 6.54 Å². The summed E-state index contributed by atoms with van der Waals surface area (Å²) in [6.45, 7) is 4.53. The van der Waals surface area contributed by atoms with Crippen LogP contribution in [0.25, 0.3) is 0 Å². The minimum Gasteiger partial charge on any atom is -0.348 e. The fourth-order valence-electron chi connectivity index (χ4n) is 1.84. The zero-order chi connectivity index (χ0) is 13.8. The summed E-state index contributed by atoms with van der Waals surface area (Å²) in [7, 11) is 0. The summed E-state index contributed by atoms with van der Waals surface area (Å²) in [5, 5.41) is 2.94. The van der Waals surface area contributed by atoms with Gasteiger partial charge in [0.25, 0.3) is 5.91 Å². The van der Waals surface area contributed by atoms with E-state index in [0.717, 1.165) is 15.6 Å². The molecular weight excluding hydrogens is 302 g/mol. The Kier molecular flexibility index (Phi) is 4.38. The van der Waals surface area contributed by atoms with E-state index in [1.165, 1.54) is 5.56 Å². The highest BCUT2D eigenvalue weighted by molar-refractivity contribution is 9.10. The van der Waals surface area contributed by atoms with Crippen LogP contribution >= 0.6 is 15.9 Å². The van der Waals surface area contributed by atoms with Crippen molar-refractivity contribution in [3.05, 3.63) is 69.2 Å². The maximum atomic E-state index is 12.1. The summed E-state index contributed by atoms with van der Waals surface area (Å²) in [5.41, 5.74) is 4.00. The average molecular weight is 318 g/mol. The zero-order valence-electron chi connectivity index (χ0n) is 11.0. The third-order valence-corrected chi connectivity index (χ3v) is 3.95. The Labute approximate surface area is 122 Å². The zero-order valence-corrected chi connectivity index (χ0v) is 12.6. The standard InChI is InChI=1S/C16H16BrNO/c1-11-6-8-13(9-7-11)10-18-16(19)14-4-3-5-15(17)12(14)2/h3-9H,10H2,1-2H3,(H,18,19). The highest BCUT2D eigenvalue weighted by Crippen LogP contribution is 2.19. The maximum absolute atomic E-state index is 12.1. The van der Waals surface area contributed by atoms with Crippen LogP contribution in [0, 0.1) is 13.8 Å². The maximum Gasteiger partial charge on any atom is 0.251 e. The number of amides is 1. The molecule has 1 amide bonds. The van der Waals surface area contributed by atoms with Crippen molar-refractivity contribution in [3.63, 3.8) is 0 Å². The van der Waals surface area contributed by atoms with Gasteiger partial charge in [-0.2, -0.15) is 0 Å². The molecule has 0 saturated heterocycles. The molecular formula is C16H16BrNO. The topological polar surface area (TPSA) is 29.1 Å². The molecule has 0 bridgehead atoms. The third-order valence-electron chi connectivity index (χ3n) is 3.09. The number of nitrogens with one attached hydrogen (secondary N) is 1. The smallest absolute Gasteiger partial charge is 0.251 e. The van der Waals surface area contributed by atoms with Gasteiger partial charge in [0, 0.05) is 16.6 Å². The molecule has 0 spiro atoms. The predicted molar refractivity (Wildman–Crippen MR) is 81.2 cm³/mol. The molecule has 0 unspecified atom stereocenters. The SMILES string of the molecule is Cc1ccc(CNC(=O)c2cccc(Br)c2C)cc1. The van der Waals surface area contributed by atoms with Crippen molar-refractivity contribution in [1.29, 1.82) is 0 Å². The van der Waals surface area contributed by atoms with Crippen LogP contribution in [0.4, 0.5) is 0 Å². The Balaban J connectivity index is 2.05. The fraction of sp³-hybridized carbons (Fsp3) is 0.188. The molecule has 0 radical (unpaired) electrons. The van der Waals surface area contributed by atoms with Gasteiger partial charge in [-0.15, -0.1) is 0 Å². The van der Waals surface area contributed by atoms with Crippen LogP contribution in [0.5, 0.6) is 0 Å². The van der Waals surface area contributed by atoms with Crippen molar-refractivity contribution in [2.75, 3.05) is 0 Å². The second-order valence-electron chi connectivity index (χ2n) is 4.58. The van der Waals surface area contributed by atoms with Crippen LogP contribution in [-0.4, -0.2) is 5.91 Å². The lowest BCUT2D eigenvalue weighted by atomic mass is 10.1. The molecule has 19 heavy (non-hydrogen) atoms. The Morgan fingerprint density at radius 1 is 1.11 bits per heavy atom. The van der Waals surface area contributed by atoms with E-state index in [9.17, 15) is 4.79 Å². The normalized spacial score (nSPS) is 10.3. The van der Waals surface area contributed by atoms with E-state index in [1.807, 2.05) is 56.3 Å². The number of halogens is 1. The number of benzene rings is 2. The Bertz CT molecular complexity index is 590. The van der Waals surface area contributed by atoms with Gasteiger partial charge in [0.15, 0.2) is 0 Å². The van der Waals surface area contributed by atoms with Crippen molar-refractivity contribution in [1.82, 2.24) is 5.32 Å². The monoisotopic (exact) mass is 317 g/mol. The Morgan fingerprint density at radius 3 is 2.47 bits per heavy atom. The lowest BCUT2D eigenvalue weighted by Crippen LogP contribution is -2.23. The van der Waals surface area contributed by atoms with Gasteiger partial charge in [-0.05, 0) is 37.1 Å². The summed E-state index contributed by atoms with van der Waals surface area (Å²) in [4.78, 5) is 12.1. The van der Waals surface area contributed by atoms with Crippen LogP contribution in [0.1, 0.15) is 27.0 Å². The molecule has 0 fully saturated rings. The summed E-state index contributed by atoms with van der Waals surface area (Å²) in [6.07, 6.45) is 0. The van der Waals surface area contributed by atoms with Crippen LogP contribution < -0.4 is 5.32 Å². The highest BCUT2D eigenvalue weighted by Gasteiger charge is 2.09. The Morgan fingerprint density at radius 2 is 1.79 bits per heavy atom. The molecule has 0 saturated carbocycles. The van der Waals surface area contributed by atoms with E-state index < -0.39 is 0 Å². The first-order valence-corrected chi connectivity index (χ1v) is 6.96. The van der Waals surface area contributed by atoms with Gasteiger partial charge in [-0.1, -0.05) is 51.8 Å². The molecule has 2 aromatic carbocycles. The largest absolute Gasteiger partial charge is 0.348 e. The minimum absolute atomic E-state index is 0.0422. The molecule has 0 heterocycles. The van der Waals surface area contributed by atoms with Gasteiger partial charge < -0.3 is 5.32 Å². The molecule has 2 aromatic rings. The lowest BCUT2D eigenvalue weighted by Gasteiger charge is -2.09. The van der Waals surface area contributed by atoms with Crippen molar-refractivity contribution in [3.8, 4) is 0 Å². The minimum atomic E-state index is -0.0422. The van der Waals surface area contributed by atoms with E-state index >= 15 is 0 Å². The summed E-state index contributed by atoms with van der Waals surface area (Å²) >= 11 is 3.44. The van der Waals surface area contributed by atoms with Crippen molar-refractivity contribution < 1.29 is 4.79 Å². The third kappa shape index (κ3) is 3.44. The fourth-order valence-corrected chi connectivity index (χ4v) is 2.20. The molecule has 1 N–H and O–H groups in total. The number of hydrogen-bond acceptors (Lipinski definition) is 1. The van der Waals surface area contributed by atoms with E-state index in [2.05, 4.69) is 21.2 Å². The number of hydrogen-bond donors (Lipinski definition) is 1. The van der Waals surface area contributed by atoms with Crippen molar-refractivity contribution >= 4 is 21.8 Å². The van der Waals surface area contributed by atoms with Gasteiger partial charge in [0.05, 0.1) is 0 Å².